The highest BCUT2D eigenvalue weighted by Crippen LogP contribution is 2.18. The van der Waals surface area contributed by atoms with Crippen molar-refractivity contribution in [2.24, 2.45) is 0 Å². The molecule has 0 bridgehead atoms. The molecule has 180 valence electrons. The third-order valence-electron chi connectivity index (χ3n) is 5.66. The summed E-state index contributed by atoms with van der Waals surface area (Å²) in [6.45, 7) is 2.40. The molecule has 6 heteroatoms. The molecular formula is C29H29NO5. The number of carboxylic acid groups (broad SMARTS) is 1. The number of aromatic nitrogens is 1. The minimum atomic E-state index is -1.000. The normalized spacial score (nSPS) is 11.7. The molecule has 0 amide bonds. The minimum Gasteiger partial charge on any atom is -0.493 e. The van der Waals surface area contributed by atoms with E-state index < -0.39 is 12.1 Å². The van der Waals surface area contributed by atoms with Crippen LogP contribution in [-0.2, 0) is 30.5 Å². The molecule has 6 nitrogen and oxygen atoms in total. The van der Waals surface area contributed by atoms with Crippen molar-refractivity contribution in [2.45, 2.75) is 38.7 Å². The minimum absolute atomic E-state index is 0.258. The van der Waals surface area contributed by atoms with Gasteiger partial charge in [-0.2, -0.15) is 0 Å². The van der Waals surface area contributed by atoms with E-state index in [9.17, 15) is 9.90 Å². The van der Waals surface area contributed by atoms with Gasteiger partial charge in [0.25, 0.3) is 0 Å². The lowest BCUT2D eigenvalue weighted by atomic mass is 10.1. The van der Waals surface area contributed by atoms with Gasteiger partial charge in [0, 0.05) is 19.3 Å². The summed E-state index contributed by atoms with van der Waals surface area (Å²) in [4.78, 5) is 16.3. The molecule has 1 heterocycles. The number of carboxylic acids is 1. The summed E-state index contributed by atoms with van der Waals surface area (Å²) >= 11 is 0. The molecule has 4 aromatic rings. The Kier molecular flexibility index (Phi) is 8.17. The predicted octanol–water partition coefficient (Wildman–Crippen LogP) is 5.46. The quantitative estimate of drug-likeness (QED) is 0.295. The highest BCUT2D eigenvalue weighted by Gasteiger charge is 2.20. The third-order valence-corrected chi connectivity index (χ3v) is 5.66. The van der Waals surface area contributed by atoms with Gasteiger partial charge in [-0.15, -0.1) is 0 Å². The van der Waals surface area contributed by atoms with Crippen LogP contribution in [0.25, 0.3) is 0 Å². The molecule has 0 aliphatic heterocycles. The largest absolute Gasteiger partial charge is 0.493 e. The second kappa shape index (κ2) is 11.9. The molecule has 0 aliphatic carbocycles. The summed E-state index contributed by atoms with van der Waals surface area (Å²) in [5.74, 6) is 1.82. The Labute approximate surface area is 205 Å². The third kappa shape index (κ3) is 7.21. The molecule has 0 saturated heterocycles. The Bertz CT molecular complexity index is 1200. The first kappa shape index (κ1) is 24.1. The standard InChI is InChI=1S/C29H29NO5/c1-21-26(30-28(34-21)17-14-22-8-4-2-5-9-22)18-19-33-24-15-12-23(13-16-24)20-27(29(31)32)35-25-10-6-3-7-11-25/h2-13,15-16,27H,14,17-20H2,1H3,(H,31,32). The summed E-state index contributed by atoms with van der Waals surface area (Å²) in [6, 6.07) is 26.7. The van der Waals surface area contributed by atoms with Crippen molar-refractivity contribution in [2.75, 3.05) is 6.61 Å². The van der Waals surface area contributed by atoms with Crippen molar-refractivity contribution in [3.63, 3.8) is 0 Å². The van der Waals surface area contributed by atoms with Crippen molar-refractivity contribution >= 4 is 5.97 Å². The fourth-order valence-corrected chi connectivity index (χ4v) is 3.77. The number of nitrogens with zero attached hydrogens (tertiary/aromatic N) is 1. The molecule has 1 unspecified atom stereocenters. The van der Waals surface area contributed by atoms with E-state index >= 15 is 0 Å². The predicted molar refractivity (Wildman–Crippen MR) is 133 cm³/mol. The SMILES string of the molecule is Cc1oc(CCc2ccccc2)nc1CCOc1ccc(CC(Oc2ccccc2)C(=O)O)cc1. The van der Waals surface area contributed by atoms with Gasteiger partial charge in [0.05, 0.1) is 12.3 Å². The van der Waals surface area contributed by atoms with Gasteiger partial charge in [0.15, 0.2) is 12.0 Å². The average molecular weight is 472 g/mol. The number of hydrogen-bond acceptors (Lipinski definition) is 5. The number of oxazole rings is 1. The zero-order chi connectivity index (χ0) is 24.5. The molecule has 1 atom stereocenters. The summed E-state index contributed by atoms with van der Waals surface area (Å²) in [5, 5.41) is 9.53. The van der Waals surface area contributed by atoms with Crippen LogP contribution in [0.3, 0.4) is 0 Å². The monoisotopic (exact) mass is 471 g/mol. The first-order chi connectivity index (χ1) is 17.1. The van der Waals surface area contributed by atoms with Crippen LogP contribution in [0.15, 0.2) is 89.3 Å². The lowest BCUT2D eigenvalue weighted by molar-refractivity contribution is -0.145. The van der Waals surface area contributed by atoms with Crippen molar-refractivity contribution in [1.82, 2.24) is 4.98 Å². The average Bonchev–Trinajstić information content (AvgIpc) is 3.24. The second-order valence-corrected chi connectivity index (χ2v) is 8.30. The maximum absolute atomic E-state index is 11.6. The van der Waals surface area contributed by atoms with Gasteiger partial charge in [-0.1, -0.05) is 60.7 Å². The molecule has 0 saturated carbocycles. The Morgan fingerprint density at radius 3 is 2.23 bits per heavy atom. The van der Waals surface area contributed by atoms with Crippen LogP contribution in [0.2, 0.25) is 0 Å². The lowest BCUT2D eigenvalue weighted by Gasteiger charge is -2.15. The molecule has 3 aromatic carbocycles. The number of aryl methyl sites for hydroxylation is 3. The van der Waals surface area contributed by atoms with Gasteiger partial charge in [0.2, 0.25) is 0 Å². The second-order valence-electron chi connectivity index (χ2n) is 8.30. The molecule has 4 rings (SSSR count). The summed E-state index contributed by atoms with van der Waals surface area (Å²) in [7, 11) is 0. The van der Waals surface area contributed by atoms with Gasteiger partial charge in [-0.3, -0.25) is 0 Å². The van der Waals surface area contributed by atoms with Crippen LogP contribution in [-0.4, -0.2) is 28.8 Å². The number of hydrogen-bond donors (Lipinski definition) is 1. The van der Waals surface area contributed by atoms with Crippen LogP contribution >= 0.6 is 0 Å². The fourth-order valence-electron chi connectivity index (χ4n) is 3.77. The van der Waals surface area contributed by atoms with E-state index in [0.29, 0.717) is 18.8 Å². The van der Waals surface area contributed by atoms with Gasteiger partial charge < -0.3 is 19.0 Å². The maximum atomic E-state index is 11.6. The zero-order valence-corrected chi connectivity index (χ0v) is 19.7. The van der Waals surface area contributed by atoms with E-state index in [1.165, 1.54) is 5.56 Å². The van der Waals surface area contributed by atoms with Crippen LogP contribution < -0.4 is 9.47 Å². The van der Waals surface area contributed by atoms with Crippen molar-refractivity contribution in [3.8, 4) is 11.5 Å². The molecular weight excluding hydrogens is 442 g/mol. The molecule has 0 fully saturated rings. The van der Waals surface area contributed by atoms with Gasteiger partial charge in [0.1, 0.15) is 17.3 Å². The number of benzene rings is 3. The van der Waals surface area contributed by atoms with Crippen LogP contribution in [0.5, 0.6) is 11.5 Å². The Morgan fingerprint density at radius 2 is 1.54 bits per heavy atom. The van der Waals surface area contributed by atoms with Crippen LogP contribution in [0.4, 0.5) is 0 Å². The number of rotatable bonds is 12. The van der Waals surface area contributed by atoms with Crippen molar-refractivity contribution in [3.05, 3.63) is 113 Å². The summed E-state index contributed by atoms with van der Waals surface area (Å²) < 4.78 is 17.3. The number of para-hydroxylation sites is 1. The van der Waals surface area contributed by atoms with E-state index in [2.05, 4.69) is 17.1 Å². The highest BCUT2D eigenvalue weighted by atomic mass is 16.5. The van der Waals surface area contributed by atoms with Crippen molar-refractivity contribution < 1.29 is 23.8 Å². The summed E-state index contributed by atoms with van der Waals surface area (Å²) in [5.41, 5.74) is 3.03. The van der Waals surface area contributed by atoms with Crippen molar-refractivity contribution in [1.29, 1.82) is 0 Å². The molecule has 0 radical (unpaired) electrons. The topological polar surface area (TPSA) is 81.8 Å². The zero-order valence-electron chi connectivity index (χ0n) is 19.7. The number of ether oxygens (including phenoxy) is 2. The van der Waals surface area contributed by atoms with Crippen LogP contribution in [0.1, 0.15) is 28.5 Å². The van der Waals surface area contributed by atoms with E-state index in [1.807, 2.05) is 67.6 Å². The summed E-state index contributed by atoms with van der Waals surface area (Å²) in [6.07, 6.45) is 1.60. The molecule has 1 N–H and O–H groups in total. The number of aliphatic carboxylic acids is 1. The molecule has 0 aliphatic rings. The fraction of sp³-hybridized carbons (Fsp3) is 0.241. The van der Waals surface area contributed by atoms with Gasteiger partial charge >= 0.3 is 5.97 Å². The van der Waals surface area contributed by atoms with E-state index in [0.717, 1.165) is 41.5 Å². The Morgan fingerprint density at radius 1 is 0.857 bits per heavy atom. The van der Waals surface area contributed by atoms with E-state index in [-0.39, 0.29) is 6.42 Å². The van der Waals surface area contributed by atoms with E-state index in [1.54, 1.807) is 12.1 Å². The molecule has 1 aromatic heterocycles. The van der Waals surface area contributed by atoms with Crippen LogP contribution in [0, 0.1) is 6.92 Å². The smallest absolute Gasteiger partial charge is 0.345 e. The first-order valence-electron chi connectivity index (χ1n) is 11.7. The maximum Gasteiger partial charge on any atom is 0.345 e. The van der Waals surface area contributed by atoms with Gasteiger partial charge in [-0.05, 0) is 48.7 Å². The Balaban J connectivity index is 1.25. The molecule has 0 spiro atoms. The Hall–Kier alpha value is -4.06. The number of carbonyl (C=O) groups is 1. The first-order valence-corrected chi connectivity index (χ1v) is 11.7. The molecule has 35 heavy (non-hydrogen) atoms. The van der Waals surface area contributed by atoms with E-state index in [4.69, 9.17) is 13.9 Å². The lowest BCUT2D eigenvalue weighted by Crippen LogP contribution is -2.29. The highest BCUT2D eigenvalue weighted by molar-refractivity contribution is 5.73. The van der Waals surface area contributed by atoms with Gasteiger partial charge in [-0.25, -0.2) is 9.78 Å².